The second kappa shape index (κ2) is 5.45. The van der Waals surface area contributed by atoms with Crippen molar-refractivity contribution in [1.29, 1.82) is 0 Å². The molecule has 0 aliphatic rings. The SMILES string of the molecule is NC(c1ccccc1)c1nc(-c2cccc(Cl)c2)n[nH]1. The van der Waals surface area contributed by atoms with Crippen molar-refractivity contribution in [3.05, 3.63) is 71.0 Å². The van der Waals surface area contributed by atoms with Crippen LogP contribution in [-0.4, -0.2) is 15.2 Å². The van der Waals surface area contributed by atoms with Gasteiger partial charge < -0.3 is 5.73 Å². The molecule has 4 nitrogen and oxygen atoms in total. The van der Waals surface area contributed by atoms with Gasteiger partial charge in [0.1, 0.15) is 5.82 Å². The molecule has 0 amide bonds. The average molecular weight is 285 g/mol. The molecule has 3 rings (SSSR count). The maximum Gasteiger partial charge on any atom is 0.181 e. The van der Waals surface area contributed by atoms with E-state index in [1.165, 1.54) is 0 Å². The number of halogens is 1. The molecule has 5 heteroatoms. The van der Waals surface area contributed by atoms with Crippen molar-refractivity contribution in [2.45, 2.75) is 6.04 Å². The van der Waals surface area contributed by atoms with Crippen LogP contribution in [0.5, 0.6) is 0 Å². The summed E-state index contributed by atoms with van der Waals surface area (Å²) in [6.45, 7) is 0. The minimum Gasteiger partial charge on any atom is -0.318 e. The Morgan fingerprint density at radius 2 is 1.85 bits per heavy atom. The molecule has 1 heterocycles. The van der Waals surface area contributed by atoms with Gasteiger partial charge in [-0.2, -0.15) is 5.10 Å². The van der Waals surface area contributed by atoms with Gasteiger partial charge in [0, 0.05) is 10.6 Å². The molecular formula is C15H13ClN4. The van der Waals surface area contributed by atoms with Crippen LogP contribution in [0.1, 0.15) is 17.4 Å². The van der Waals surface area contributed by atoms with Crippen molar-refractivity contribution in [3.8, 4) is 11.4 Å². The summed E-state index contributed by atoms with van der Waals surface area (Å²) in [6.07, 6.45) is 0. The largest absolute Gasteiger partial charge is 0.318 e. The average Bonchev–Trinajstić information content (AvgIpc) is 2.97. The second-order valence-corrected chi connectivity index (χ2v) is 4.88. The summed E-state index contributed by atoms with van der Waals surface area (Å²) >= 11 is 5.97. The summed E-state index contributed by atoms with van der Waals surface area (Å²) in [5.41, 5.74) is 8.03. The summed E-state index contributed by atoms with van der Waals surface area (Å²) in [5.74, 6) is 1.22. The Morgan fingerprint density at radius 3 is 2.60 bits per heavy atom. The van der Waals surface area contributed by atoms with E-state index in [2.05, 4.69) is 15.2 Å². The Bertz CT molecular complexity index is 709. The topological polar surface area (TPSA) is 67.6 Å². The van der Waals surface area contributed by atoms with Crippen LogP contribution >= 0.6 is 11.6 Å². The highest BCUT2D eigenvalue weighted by Gasteiger charge is 2.14. The number of hydrogen-bond donors (Lipinski definition) is 2. The molecule has 1 atom stereocenters. The molecule has 0 fully saturated rings. The fourth-order valence-electron chi connectivity index (χ4n) is 1.99. The molecule has 0 radical (unpaired) electrons. The van der Waals surface area contributed by atoms with E-state index in [1.54, 1.807) is 0 Å². The smallest absolute Gasteiger partial charge is 0.181 e. The normalized spacial score (nSPS) is 12.3. The molecule has 3 aromatic rings. The van der Waals surface area contributed by atoms with E-state index in [0.717, 1.165) is 11.1 Å². The molecule has 2 aromatic carbocycles. The number of aromatic amines is 1. The summed E-state index contributed by atoms with van der Waals surface area (Å²) in [6, 6.07) is 16.9. The van der Waals surface area contributed by atoms with Gasteiger partial charge >= 0.3 is 0 Å². The first kappa shape index (κ1) is 12.8. The van der Waals surface area contributed by atoms with Gasteiger partial charge in [0.25, 0.3) is 0 Å². The fourth-order valence-corrected chi connectivity index (χ4v) is 2.18. The lowest BCUT2D eigenvalue weighted by molar-refractivity contribution is 0.787. The van der Waals surface area contributed by atoms with Gasteiger partial charge in [-0.1, -0.05) is 54.1 Å². The zero-order valence-corrected chi connectivity index (χ0v) is 11.4. The third kappa shape index (κ3) is 2.57. The van der Waals surface area contributed by atoms with Gasteiger partial charge in [-0.25, -0.2) is 4.98 Å². The van der Waals surface area contributed by atoms with Crippen molar-refractivity contribution < 1.29 is 0 Å². The lowest BCUT2D eigenvalue weighted by Crippen LogP contribution is -2.13. The van der Waals surface area contributed by atoms with Crippen LogP contribution in [-0.2, 0) is 0 Å². The van der Waals surface area contributed by atoms with E-state index >= 15 is 0 Å². The summed E-state index contributed by atoms with van der Waals surface area (Å²) in [4.78, 5) is 4.45. The van der Waals surface area contributed by atoms with Crippen molar-refractivity contribution in [1.82, 2.24) is 15.2 Å². The number of nitrogens with two attached hydrogens (primary N) is 1. The van der Waals surface area contributed by atoms with E-state index in [0.29, 0.717) is 16.7 Å². The van der Waals surface area contributed by atoms with Gasteiger partial charge in [-0.05, 0) is 17.7 Å². The highest BCUT2D eigenvalue weighted by molar-refractivity contribution is 6.30. The first-order chi connectivity index (χ1) is 9.74. The first-order valence-electron chi connectivity index (χ1n) is 6.23. The van der Waals surface area contributed by atoms with Crippen molar-refractivity contribution in [3.63, 3.8) is 0 Å². The number of nitrogens with zero attached hydrogens (tertiary/aromatic N) is 2. The molecule has 20 heavy (non-hydrogen) atoms. The number of hydrogen-bond acceptors (Lipinski definition) is 3. The Labute approximate surface area is 121 Å². The lowest BCUT2D eigenvalue weighted by Gasteiger charge is -2.07. The maximum absolute atomic E-state index is 6.18. The summed E-state index contributed by atoms with van der Waals surface area (Å²) in [5, 5.41) is 7.75. The van der Waals surface area contributed by atoms with Crippen LogP contribution in [0.25, 0.3) is 11.4 Å². The molecule has 3 N–H and O–H groups in total. The number of rotatable bonds is 3. The van der Waals surface area contributed by atoms with Crippen molar-refractivity contribution >= 4 is 11.6 Å². The number of nitrogens with one attached hydrogen (secondary N) is 1. The molecule has 1 unspecified atom stereocenters. The molecule has 0 saturated carbocycles. The van der Waals surface area contributed by atoms with Crippen LogP contribution in [0.2, 0.25) is 5.02 Å². The summed E-state index contributed by atoms with van der Waals surface area (Å²) < 4.78 is 0. The number of H-pyrrole nitrogens is 1. The van der Waals surface area contributed by atoms with E-state index < -0.39 is 0 Å². The van der Waals surface area contributed by atoms with Gasteiger partial charge in [0.05, 0.1) is 6.04 Å². The highest BCUT2D eigenvalue weighted by Crippen LogP contribution is 2.22. The fraction of sp³-hybridized carbons (Fsp3) is 0.0667. The molecule has 100 valence electrons. The molecule has 0 aliphatic carbocycles. The van der Waals surface area contributed by atoms with Gasteiger partial charge in [0.2, 0.25) is 0 Å². The molecule has 0 bridgehead atoms. The van der Waals surface area contributed by atoms with Crippen LogP contribution in [0.3, 0.4) is 0 Å². The highest BCUT2D eigenvalue weighted by atomic mass is 35.5. The van der Waals surface area contributed by atoms with Gasteiger partial charge in [0.15, 0.2) is 5.82 Å². The van der Waals surface area contributed by atoms with Gasteiger partial charge in [-0.15, -0.1) is 0 Å². The van der Waals surface area contributed by atoms with Crippen LogP contribution in [0.4, 0.5) is 0 Å². The van der Waals surface area contributed by atoms with E-state index in [4.69, 9.17) is 17.3 Å². The third-order valence-corrected chi connectivity index (χ3v) is 3.27. The monoisotopic (exact) mass is 284 g/mol. The van der Waals surface area contributed by atoms with E-state index in [1.807, 2.05) is 54.6 Å². The van der Waals surface area contributed by atoms with E-state index in [9.17, 15) is 0 Å². The zero-order chi connectivity index (χ0) is 13.9. The third-order valence-electron chi connectivity index (χ3n) is 3.04. The van der Waals surface area contributed by atoms with Crippen molar-refractivity contribution in [2.75, 3.05) is 0 Å². The van der Waals surface area contributed by atoms with Crippen molar-refractivity contribution in [2.24, 2.45) is 5.73 Å². The molecule has 1 aromatic heterocycles. The predicted molar refractivity (Wildman–Crippen MR) is 79.3 cm³/mol. The van der Waals surface area contributed by atoms with Crippen LogP contribution in [0, 0.1) is 0 Å². The lowest BCUT2D eigenvalue weighted by atomic mass is 10.1. The Morgan fingerprint density at radius 1 is 1.05 bits per heavy atom. The Hall–Kier alpha value is -2.17. The predicted octanol–water partition coefficient (Wildman–Crippen LogP) is 3.17. The number of aromatic nitrogens is 3. The second-order valence-electron chi connectivity index (χ2n) is 4.44. The zero-order valence-electron chi connectivity index (χ0n) is 10.6. The first-order valence-corrected chi connectivity index (χ1v) is 6.60. The summed E-state index contributed by atoms with van der Waals surface area (Å²) in [7, 11) is 0. The molecular weight excluding hydrogens is 272 g/mol. The Balaban J connectivity index is 1.91. The van der Waals surface area contributed by atoms with Crippen LogP contribution in [0.15, 0.2) is 54.6 Å². The number of benzene rings is 2. The minimum absolute atomic E-state index is 0.323. The Kier molecular flexibility index (Phi) is 3.50. The molecule has 0 saturated heterocycles. The van der Waals surface area contributed by atoms with Crippen LogP contribution < -0.4 is 5.73 Å². The van der Waals surface area contributed by atoms with E-state index in [-0.39, 0.29) is 6.04 Å². The van der Waals surface area contributed by atoms with Gasteiger partial charge in [-0.3, -0.25) is 5.10 Å². The quantitative estimate of drug-likeness (QED) is 0.776. The standard InChI is InChI=1S/C15H13ClN4/c16-12-8-4-7-11(9-12)14-18-15(20-19-14)13(17)10-5-2-1-3-6-10/h1-9,13H,17H2,(H,18,19,20). The maximum atomic E-state index is 6.18. The minimum atomic E-state index is -0.323. The molecule has 0 spiro atoms. The molecule has 0 aliphatic heterocycles.